The van der Waals surface area contributed by atoms with Crippen LogP contribution in [0.2, 0.25) is 0 Å². The minimum atomic E-state index is -0.625. The third-order valence-corrected chi connectivity index (χ3v) is 2.24. The fraction of sp³-hybridized carbons (Fsp3) is 0.0833. The summed E-state index contributed by atoms with van der Waals surface area (Å²) in [5.74, 6) is -0.768. The van der Waals surface area contributed by atoms with Crippen LogP contribution in [0.3, 0.4) is 0 Å². The molecule has 0 saturated carbocycles. The molecule has 1 aromatic heterocycles. The van der Waals surface area contributed by atoms with Crippen molar-refractivity contribution >= 4 is 11.7 Å². The van der Waals surface area contributed by atoms with E-state index in [9.17, 15) is 9.18 Å². The van der Waals surface area contributed by atoms with E-state index in [-0.39, 0.29) is 11.1 Å². The second kappa shape index (κ2) is 4.67. The maximum Gasteiger partial charge on any atom is 0.257 e. The van der Waals surface area contributed by atoms with Crippen LogP contribution in [0, 0.1) is 17.1 Å². The standard InChI is InChI=1S/C12H9FN4O/c1-17-3-2-11(16-17)15-12(18)9-4-8(7-14)5-10(13)6-9/h2-6H,1H3,(H,15,16,18). The van der Waals surface area contributed by atoms with Gasteiger partial charge < -0.3 is 5.32 Å². The van der Waals surface area contributed by atoms with Crippen LogP contribution < -0.4 is 5.32 Å². The van der Waals surface area contributed by atoms with Crippen LogP contribution in [0.15, 0.2) is 30.5 Å². The first-order valence-corrected chi connectivity index (χ1v) is 5.10. The zero-order valence-electron chi connectivity index (χ0n) is 9.51. The Labute approximate surface area is 102 Å². The van der Waals surface area contributed by atoms with Gasteiger partial charge in [0.15, 0.2) is 5.82 Å². The van der Waals surface area contributed by atoms with E-state index in [2.05, 4.69) is 10.4 Å². The third kappa shape index (κ3) is 2.52. The fourth-order valence-electron chi connectivity index (χ4n) is 1.46. The Morgan fingerprint density at radius 2 is 2.28 bits per heavy atom. The highest BCUT2D eigenvalue weighted by Gasteiger charge is 2.10. The van der Waals surface area contributed by atoms with Crippen LogP contribution in [-0.2, 0) is 7.05 Å². The molecular formula is C12H9FN4O. The molecule has 90 valence electrons. The fourth-order valence-corrected chi connectivity index (χ4v) is 1.46. The average molecular weight is 244 g/mol. The Bertz CT molecular complexity index is 642. The van der Waals surface area contributed by atoms with E-state index in [0.29, 0.717) is 5.82 Å². The Hall–Kier alpha value is -2.68. The van der Waals surface area contributed by atoms with E-state index in [1.165, 1.54) is 10.7 Å². The maximum absolute atomic E-state index is 13.2. The molecule has 1 N–H and O–H groups in total. The number of nitriles is 1. The van der Waals surface area contributed by atoms with Crippen LogP contribution in [-0.4, -0.2) is 15.7 Å². The number of aryl methyl sites for hydroxylation is 1. The molecular weight excluding hydrogens is 235 g/mol. The number of anilines is 1. The van der Waals surface area contributed by atoms with Crippen molar-refractivity contribution in [1.82, 2.24) is 9.78 Å². The lowest BCUT2D eigenvalue weighted by Crippen LogP contribution is -2.13. The number of aromatic nitrogens is 2. The molecule has 0 atom stereocenters. The number of carbonyl (C=O) groups excluding carboxylic acids is 1. The highest BCUT2D eigenvalue weighted by Crippen LogP contribution is 2.11. The lowest BCUT2D eigenvalue weighted by molar-refractivity contribution is 0.102. The number of hydrogen-bond acceptors (Lipinski definition) is 3. The molecule has 1 amide bonds. The normalized spacial score (nSPS) is 9.83. The van der Waals surface area contributed by atoms with Crippen molar-refractivity contribution in [2.24, 2.45) is 7.05 Å². The summed E-state index contributed by atoms with van der Waals surface area (Å²) in [4.78, 5) is 11.8. The summed E-state index contributed by atoms with van der Waals surface area (Å²) in [7, 11) is 1.71. The van der Waals surface area contributed by atoms with Crippen molar-refractivity contribution in [3.05, 3.63) is 47.4 Å². The average Bonchev–Trinajstić information content (AvgIpc) is 2.73. The van der Waals surface area contributed by atoms with E-state index in [0.717, 1.165) is 12.1 Å². The number of hydrogen-bond donors (Lipinski definition) is 1. The highest BCUT2D eigenvalue weighted by molar-refractivity contribution is 6.03. The SMILES string of the molecule is Cn1ccc(NC(=O)c2cc(F)cc(C#N)c2)n1. The van der Waals surface area contributed by atoms with Gasteiger partial charge in [0, 0.05) is 24.9 Å². The number of amides is 1. The van der Waals surface area contributed by atoms with Crippen LogP contribution >= 0.6 is 0 Å². The maximum atomic E-state index is 13.2. The first kappa shape index (κ1) is 11.8. The van der Waals surface area contributed by atoms with Gasteiger partial charge in [-0.05, 0) is 18.2 Å². The molecule has 2 aromatic rings. The summed E-state index contributed by atoms with van der Waals surface area (Å²) >= 11 is 0. The minimum Gasteiger partial charge on any atom is -0.305 e. The number of rotatable bonds is 2. The Kier molecular flexibility index (Phi) is 3.06. The topological polar surface area (TPSA) is 70.7 Å². The van der Waals surface area contributed by atoms with Crippen molar-refractivity contribution in [1.29, 1.82) is 5.26 Å². The molecule has 2 rings (SSSR count). The molecule has 1 heterocycles. The summed E-state index contributed by atoms with van der Waals surface area (Å²) in [6.45, 7) is 0. The summed E-state index contributed by atoms with van der Waals surface area (Å²) in [5.41, 5.74) is 0.179. The summed E-state index contributed by atoms with van der Waals surface area (Å²) < 4.78 is 14.7. The van der Waals surface area contributed by atoms with Crippen LogP contribution in [0.25, 0.3) is 0 Å². The van der Waals surface area contributed by atoms with E-state index in [1.54, 1.807) is 25.4 Å². The zero-order valence-corrected chi connectivity index (χ0v) is 9.51. The molecule has 0 unspecified atom stereocenters. The van der Waals surface area contributed by atoms with Gasteiger partial charge in [-0.15, -0.1) is 0 Å². The molecule has 0 aliphatic rings. The van der Waals surface area contributed by atoms with Crippen LogP contribution in [0.4, 0.5) is 10.2 Å². The van der Waals surface area contributed by atoms with Crippen LogP contribution in [0.5, 0.6) is 0 Å². The predicted octanol–water partition coefficient (Wildman–Crippen LogP) is 1.68. The van der Waals surface area contributed by atoms with E-state index in [4.69, 9.17) is 5.26 Å². The van der Waals surface area contributed by atoms with E-state index >= 15 is 0 Å². The van der Waals surface area contributed by atoms with Crippen LogP contribution in [0.1, 0.15) is 15.9 Å². The molecule has 0 fully saturated rings. The van der Waals surface area contributed by atoms with Gasteiger partial charge in [-0.25, -0.2) is 4.39 Å². The van der Waals surface area contributed by atoms with Crippen molar-refractivity contribution in [3.63, 3.8) is 0 Å². The lowest BCUT2D eigenvalue weighted by Gasteiger charge is -2.02. The van der Waals surface area contributed by atoms with Gasteiger partial charge in [-0.3, -0.25) is 9.48 Å². The Balaban J connectivity index is 2.24. The van der Waals surface area contributed by atoms with Crippen molar-refractivity contribution in [2.45, 2.75) is 0 Å². The number of benzene rings is 1. The zero-order chi connectivity index (χ0) is 13.1. The molecule has 0 radical (unpaired) electrons. The Morgan fingerprint density at radius 3 is 2.89 bits per heavy atom. The molecule has 6 heteroatoms. The van der Waals surface area contributed by atoms with Crippen molar-refractivity contribution < 1.29 is 9.18 Å². The minimum absolute atomic E-state index is 0.0807. The van der Waals surface area contributed by atoms with Crippen molar-refractivity contribution in [2.75, 3.05) is 5.32 Å². The number of nitrogens with zero attached hydrogens (tertiary/aromatic N) is 3. The summed E-state index contributed by atoms with van der Waals surface area (Å²) in [6.07, 6.45) is 1.67. The number of halogens is 1. The molecule has 0 bridgehead atoms. The highest BCUT2D eigenvalue weighted by atomic mass is 19.1. The molecule has 5 nitrogen and oxygen atoms in total. The molecule has 0 aliphatic carbocycles. The molecule has 0 aliphatic heterocycles. The molecule has 0 spiro atoms. The number of nitrogens with one attached hydrogen (secondary N) is 1. The molecule has 1 aromatic carbocycles. The summed E-state index contributed by atoms with van der Waals surface area (Å²) in [5, 5.41) is 15.2. The number of carbonyl (C=O) groups is 1. The molecule has 0 saturated heterocycles. The van der Waals surface area contributed by atoms with Gasteiger partial charge >= 0.3 is 0 Å². The lowest BCUT2D eigenvalue weighted by atomic mass is 10.1. The van der Waals surface area contributed by atoms with Gasteiger partial charge in [0.2, 0.25) is 0 Å². The smallest absolute Gasteiger partial charge is 0.257 e. The quantitative estimate of drug-likeness (QED) is 0.873. The summed E-state index contributed by atoms with van der Waals surface area (Å²) in [6, 6.07) is 6.86. The van der Waals surface area contributed by atoms with Gasteiger partial charge in [0.05, 0.1) is 11.6 Å². The van der Waals surface area contributed by atoms with E-state index in [1.807, 2.05) is 0 Å². The van der Waals surface area contributed by atoms with Gasteiger partial charge in [-0.1, -0.05) is 0 Å². The van der Waals surface area contributed by atoms with E-state index < -0.39 is 11.7 Å². The Morgan fingerprint density at radius 1 is 1.50 bits per heavy atom. The monoisotopic (exact) mass is 244 g/mol. The van der Waals surface area contributed by atoms with Gasteiger partial charge in [-0.2, -0.15) is 10.4 Å². The second-order valence-corrected chi connectivity index (χ2v) is 3.67. The second-order valence-electron chi connectivity index (χ2n) is 3.67. The third-order valence-electron chi connectivity index (χ3n) is 2.24. The van der Waals surface area contributed by atoms with Crippen molar-refractivity contribution in [3.8, 4) is 6.07 Å². The largest absolute Gasteiger partial charge is 0.305 e. The van der Waals surface area contributed by atoms with Gasteiger partial charge in [0.25, 0.3) is 5.91 Å². The van der Waals surface area contributed by atoms with Gasteiger partial charge in [0.1, 0.15) is 5.82 Å². The predicted molar refractivity (Wildman–Crippen MR) is 62.3 cm³/mol. The first-order chi connectivity index (χ1) is 8.58. The molecule has 18 heavy (non-hydrogen) atoms. The first-order valence-electron chi connectivity index (χ1n) is 5.10.